The number of rotatable bonds is 1. The predicted octanol–water partition coefficient (Wildman–Crippen LogP) is 6.57. The Labute approximate surface area is 186 Å². The number of hydrogen-bond donors (Lipinski definition) is 0. The van der Waals surface area contributed by atoms with Gasteiger partial charge in [-0.2, -0.15) is 57.1 Å². The van der Waals surface area contributed by atoms with Crippen LogP contribution < -0.4 is 0 Å². The van der Waals surface area contributed by atoms with Crippen molar-refractivity contribution in [1.29, 1.82) is 0 Å². The van der Waals surface area contributed by atoms with Gasteiger partial charge in [0.25, 0.3) is 0 Å². The molecular weight excluding hydrogens is 573 g/mol. The van der Waals surface area contributed by atoms with Gasteiger partial charge in [-0.3, -0.25) is 0 Å². The monoisotopic (exact) mass is 576 g/mol. The van der Waals surface area contributed by atoms with Crippen molar-refractivity contribution in [3.8, 4) is 0 Å². The van der Waals surface area contributed by atoms with Crippen molar-refractivity contribution in [2.45, 2.75) is 41.8 Å². The van der Waals surface area contributed by atoms with Crippen LogP contribution in [0, 0.1) is 0 Å². The molecule has 0 aromatic heterocycles. The first kappa shape index (κ1) is 30.3. The van der Waals surface area contributed by atoms with E-state index in [9.17, 15) is 65.9 Å². The summed E-state index contributed by atoms with van der Waals surface area (Å²) in [5, 5.41) is -4.95. The van der Waals surface area contributed by atoms with E-state index in [-0.39, 0.29) is 12.5 Å². The summed E-state index contributed by atoms with van der Waals surface area (Å²) in [6, 6.07) is -4.01. The van der Waals surface area contributed by atoms with Gasteiger partial charge in [0.1, 0.15) is 12.5 Å². The summed E-state index contributed by atoms with van der Waals surface area (Å²) in [6.45, 7) is 0. The average Bonchev–Trinajstić information content (AvgIpc) is 3.32. The second kappa shape index (κ2) is 9.37. The highest BCUT2D eigenvalue weighted by atomic mass is 35.5. The van der Waals surface area contributed by atoms with Crippen molar-refractivity contribution in [2.24, 2.45) is 0 Å². The second-order valence-electron chi connectivity index (χ2n) is 5.48. The van der Waals surface area contributed by atoms with Gasteiger partial charge in [-0.15, -0.1) is 8.78 Å². The van der Waals surface area contributed by atoms with Crippen molar-refractivity contribution in [3.63, 3.8) is 0 Å². The lowest BCUT2D eigenvalue weighted by molar-refractivity contribution is -0.438. The van der Waals surface area contributed by atoms with Gasteiger partial charge in [0.15, 0.2) is 12.5 Å². The van der Waals surface area contributed by atoms with E-state index in [1.165, 1.54) is 0 Å². The Balaban J connectivity index is 0.000000277. The Bertz CT molecular complexity index is 744. The van der Waals surface area contributed by atoms with Gasteiger partial charge in [-0.25, -0.2) is 0 Å². The van der Waals surface area contributed by atoms with Crippen LogP contribution in [0.5, 0.6) is 0 Å². The summed E-state index contributed by atoms with van der Waals surface area (Å²) in [5.74, 6) is -9.42. The molecule has 1 atom stereocenters. The van der Waals surface area contributed by atoms with E-state index in [0.29, 0.717) is 0 Å². The molecule has 1 unspecified atom stereocenters. The van der Waals surface area contributed by atoms with Gasteiger partial charge in [-0.1, -0.05) is 0 Å². The molecule has 3 rings (SSSR count). The van der Waals surface area contributed by atoms with E-state index >= 15 is 0 Å². The molecule has 3 aliphatic heterocycles. The van der Waals surface area contributed by atoms with Gasteiger partial charge in [0.2, 0.25) is 0 Å². The topological polar surface area (TPSA) is 55.4 Å². The largest absolute Gasteiger partial charge is 0.585 e. The van der Waals surface area contributed by atoms with Crippen molar-refractivity contribution >= 4 is 11.6 Å². The quantitative estimate of drug-likeness (QED) is 0.260. The molecule has 204 valence electrons. The van der Waals surface area contributed by atoms with Crippen LogP contribution in [0.4, 0.5) is 65.9 Å². The third kappa shape index (κ3) is 6.48. The molecule has 0 radical (unpaired) electrons. The van der Waals surface area contributed by atoms with Crippen molar-refractivity contribution in [1.82, 2.24) is 0 Å². The van der Waals surface area contributed by atoms with Crippen molar-refractivity contribution < 1.29 is 94.3 Å². The van der Waals surface area contributed by atoms with E-state index in [2.05, 4.69) is 40.0 Å². The van der Waals surface area contributed by atoms with Crippen LogP contribution in [0.25, 0.3) is 0 Å². The molecule has 22 heteroatoms. The van der Waals surface area contributed by atoms with Gasteiger partial charge in [-0.05, 0) is 11.6 Å². The summed E-state index contributed by atoms with van der Waals surface area (Å²) in [5.41, 5.74) is 0. The fraction of sp³-hybridized carbons (Fsp3) is 0.538. The van der Waals surface area contributed by atoms with E-state index < -0.39 is 53.8 Å². The lowest BCUT2D eigenvalue weighted by Gasteiger charge is -2.31. The molecule has 6 nitrogen and oxygen atoms in total. The molecule has 0 bridgehead atoms. The highest BCUT2D eigenvalue weighted by Gasteiger charge is 2.79. The Kier molecular flexibility index (Phi) is 8.11. The Hall–Kier alpha value is -2.74. The first-order valence-electron chi connectivity index (χ1n) is 7.51. The van der Waals surface area contributed by atoms with Gasteiger partial charge in [0.05, 0.1) is 0 Å². The average molecular weight is 577 g/mol. The minimum absolute atomic E-state index is 0.232. The van der Waals surface area contributed by atoms with Crippen molar-refractivity contribution in [2.75, 3.05) is 0 Å². The van der Waals surface area contributed by atoms with Crippen molar-refractivity contribution in [3.05, 3.63) is 37.1 Å². The van der Waals surface area contributed by atoms with E-state index in [0.717, 1.165) is 12.5 Å². The molecule has 0 spiro atoms. The normalized spacial score (nSPS) is 24.5. The number of ether oxygens (including phenoxy) is 6. The maximum absolute atomic E-state index is 12.3. The van der Waals surface area contributed by atoms with E-state index in [4.69, 9.17) is 0 Å². The lowest BCUT2D eigenvalue weighted by Crippen LogP contribution is -2.57. The minimum Gasteiger partial charge on any atom is -0.441 e. The Morgan fingerprint density at radius 2 is 0.886 bits per heavy atom. The molecular formula is C13H4ClF15O6. The van der Waals surface area contributed by atoms with Gasteiger partial charge >= 0.3 is 53.8 Å². The number of halogens is 16. The Morgan fingerprint density at radius 1 is 0.571 bits per heavy atom. The summed E-state index contributed by atoms with van der Waals surface area (Å²) in [4.78, 5) is 0. The third-order valence-corrected chi connectivity index (χ3v) is 3.33. The second-order valence-corrected chi connectivity index (χ2v) is 5.95. The molecule has 0 aromatic carbocycles. The lowest BCUT2D eigenvalue weighted by atomic mass is 10.2. The zero-order valence-corrected chi connectivity index (χ0v) is 16.1. The molecule has 0 saturated heterocycles. The van der Waals surface area contributed by atoms with Crippen LogP contribution in [-0.2, 0) is 28.4 Å². The van der Waals surface area contributed by atoms with Gasteiger partial charge < -0.3 is 28.4 Å². The molecule has 3 aliphatic rings. The molecule has 0 saturated carbocycles. The van der Waals surface area contributed by atoms with Crippen LogP contribution in [0.3, 0.4) is 0 Å². The maximum Gasteiger partial charge on any atom is 0.585 e. The summed E-state index contributed by atoms with van der Waals surface area (Å²) < 4.78 is 199. The highest BCUT2D eigenvalue weighted by molar-refractivity contribution is 6.22. The first-order valence-corrected chi connectivity index (χ1v) is 7.89. The summed E-state index contributed by atoms with van der Waals surface area (Å²) in [6.07, 6.45) is -20.0. The highest BCUT2D eigenvalue weighted by Crippen LogP contribution is 2.52. The summed E-state index contributed by atoms with van der Waals surface area (Å²) in [7, 11) is 0. The molecule has 0 aromatic rings. The van der Waals surface area contributed by atoms with Crippen LogP contribution >= 0.6 is 11.6 Å². The molecule has 3 heterocycles. The minimum atomic E-state index is -5.92. The molecule has 0 N–H and O–H groups in total. The van der Waals surface area contributed by atoms with Crippen LogP contribution in [0.2, 0.25) is 0 Å². The molecule has 35 heavy (non-hydrogen) atoms. The fourth-order valence-corrected chi connectivity index (χ4v) is 1.88. The Morgan fingerprint density at radius 3 is 1.00 bits per heavy atom. The van der Waals surface area contributed by atoms with Crippen LogP contribution in [-0.4, -0.2) is 41.8 Å². The first-order chi connectivity index (χ1) is 15.4. The van der Waals surface area contributed by atoms with E-state index in [1.807, 2.05) is 0 Å². The number of hydrogen-bond acceptors (Lipinski definition) is 6. The smallest absolute Gasteiger partial charge is 0.441 e. The fourth-order valence-electron chi connectivity index (χ4n) is 1.69. The van der Waals surface area contributed by atoms with Crippen LogP contribution in [0.15, 0.2) is 37.1 Å². The summed E-state index contributed by atoms with van der Waals surface area (Å²) >= 11 is 4.14. The molecule has 0 fully saturated rings. The van der Waals surface area contributed by atoms with Gasteiger partial charge in [0, 0.05) is 0 Å². The standard InChI is InChI=1S/C5HClF6O2.C5HF7O2.C3H2F2O2/c6-4(8,9)3(5(10,11)12)13-1-2(7)14-3;6-2-1-13-3(14-2,4(7,8)9)5(10,11)12;4-3(5)6-1-2-7-3/h2*1H;1-2H. The zero-order chi connectivity index (χ0) is 27.7. The van der Waals surface area contributed by atoms with E-state index in [1.54, 1.807) is 0 Å². The molecule has 0 aliphatic carbocycles. The SMILES string of the molecule is FC1(F)OC=CO1.FC1=COC(C(F)(F)F)(C(F)(F)Cl)O1.FC1=COC(C(F)(F)F)(C(F)(F)F)O1. The zero-order valence-electron chi connectivity index (χ0n) is 15.3. The maximum atomic E-state index is 12.3. The molecule has 0 amide bonds. The predicted molar refractivity (Wildman–Crippen MR) is 73.4 cm³/mol. The number of alkyl halides is 14. The van der Waals surface area contributed by atoms with Crippen LogP contribution in [0.1, 0.15) is 0 Å². The third-order valence-electron chi connectivity index (χ3n) is 3.08.